The second kappa shape index (κ2) is 9.29. The Balaban J connectivity index is 1.72. The summed E-state index contributed by atoms with van der Waals surface area (Å²) in [6.45, 7) is 5.21. The molecule has 0 saturated heterocycles. The number of anilines is 1. The van der Waals surface area contributed by atoms with Crippen molar-refractivity contribution in [1.29, 1.82) is 0 Å². The number of amides is 1. The Morgan fingerprint density at radius 3 is 2.56 bits per heavy atom. The van der Waals surface area contributed by atoms with Gasteiger partial charge in [0.15, 0.2) is 0 Å². The Labute approximate surface area is 199 Å². The summed E-state index contributed by atoms with van der Waals surface area (Å²) in [5, 5.41) is 3.27. The molecular formula is C25H25F3N2O3S. The van der Waals surface area contributed by atoms with Gasteiger partial charge in [-0.2, -0.15) is 13.2 Å². The maximum absolute atomic E-state index is 13.6. The number of carbonyl (C=O) groups excluding carboxylic acids is 2. The Hall–Kier alpha value is -3.07. The molecule has 3 aromatic rings. The van der Waals surface area contributed by atoms with Crippen LogP contribution >= 0.6 is 11.3 Å². The monoisotopic (exact) mass is 490 g/mol. The van der Waals surface area contributed by atoms with E-state index in [1.54, 1.807) is 26.8 Å². The summed E-state index contributed by atoms with van der Waals surface area (Å²) < 4.78 is 47.5. The van der Waals surface area contributed by atoms with E-state index >= 15 is 0 Å². The van der Waals surface area contributed by atoms with Crippen molar-refractivity contribution in [2.24, 2.45) is 0 Å². The lowest BCUT2D eigenvalue weighted by molar-refractivity contribution is -0.137. The first kappa shape index (κ1) is 24.1. The van der Waals surface area contributed by atoms with Gasteiger partial charge < -0.3 is 14.6 Å². The molecule has 2 heterocycles. The van der Waals surface area contributed by atoms with Gasteiger partial charge in [0, 0.05) is 16.3 Å². The number of nitrogens with zero attached hydrogens (tertiary/aromatic N) is 1. The molecule has 180 valence electrons. The molecular weight excluding hydrogens is 465 g/mol. The van der Waals surface area contributed by atoms with Crippen LogP contribution < -0.4 is 5.32 Å². The Bertz CT molecular complexity index is 1260. The molecule has 5 nitrogen and oxygen atoms in total. The molecule has 0 atom stereocenters. The molecule has 0 aliphatic heterocycles. The van der Waals surface area contributed by atoms with Crippen LogP contribution in [0.2, 0.25) is 0 Å². The van der Waals surface area contributed by atoms with E-state index in [1.807, 2.05) is 0 Å². The molecule has 0 unspecified atom stereocenters. The third-order valence-electron chi connectivity index (χ3n) is 6.00. The molecule has 0 fully saturated rings. The fourth-order valence-electron chi connectivity index (χ4n) is 4.52. The minimum Gasteiger partial charge on any atom is -0.462 e. The van der Waals surface area contributed by atoms with Crippen LogP contribution in [0.1, 0.15) is 67.9 Å². The van der Waals surface area contributed by atoms with Crippen molar-refractivity contribution in [1.82, 2.24) is 4.57 Å². The molecule has 34 heavy (non-hydrogen) atoms. The van der Waals surface area contributed by atoms with Gasteiger partial charge in [0.05, 0.1) is 29.0 Å². The smallest absolute Gasteiger partial charge is 0.418 e. The van der Waals surface area contributed by atoms with Gasteiger partial charge in [-0.05, 0) is 70.2 Å². The molecule has 1 amide bonds. The summed E-state index contributed by atoms with van der Waals surface area (Å²) in [5.41, 5.74) is 1.62. The van der Waals surface area contributed by atoms with Crippen LogP contribution in [-0.2, 0) is 23.8 Å². The van der Waals surface area contributed by atoms with Gasteiger partial charge in [0.2, 0.25) is 0 Å². The number of hydrogen-bond donors (Lipinski definition) is 1. The van der Waals surface area contributed by atoms with Gasteiger partial charge in [-0.15, -0.1) is 11.3 Å². The number of esters is 1. The van der Waals surface area contributed by atoms with E-state index in [2.05, 4.69) is 5.32 Å². The molecule has 1 aliphatic carbocycles. The zero-order chi connectivity index (χ0) is 24.6. The van der Waals surface area contributed by atoms with Gasteiger partial charge in [-0.1, -0.05) is 12.1 Å². The number of para-hydroxylation sites is 1. The highest BCUT2D eigenvalue weighted by atomic mass is 32.1. The quantitative estimate of drug-likeness (QED) is 0.416. The summed E-state index contributed by atoms with van der Waals surface area (Å²) in [6.07, 6.45) is -0.970. The summed E-state index contributed by atoms with van der Waals surface area (Å²) in [4.78, 5) is 27.0. The molecule has 1 aliphatic rings. The predicted molar refractivity (Wildman–Crippen MR) is 125 cm³/mol. The van der Waals surface area contributed by atoms with E-state index in [4.69, 9.17) is 4.74 Å². The lowest BCUT2D eigenvalue weighted by atomic mass is 9.95. The minimum atomic E-state index is -4.53. The maximum atomic E-state index is 13.6. The van der Waals surface area contributed by atoms with Crippen molar-refractivity contribution in [3.05, 3.63) is 68.9 Å². The number of aryl methyl sites for hydroxylation is 2. The van der Waals surface area contributed by atoms with Crippen molar-refractivity contribution >= 4 is 28.2 Å². The van der Waals surface area contributed by atoms with Gasteiger partial charge in [-0.3, -0.25) is 4.79 Å². The first-order valence-electron chi connectivity index (χ1n) is 11.1. The van der Waals surface area contributed by atoms with Crippen LogP contribution in [0.25, 0.3) is 5.69 Å². The number of rotatable bonds is 5. The fourth-order valence-corrected chi connectivity index (χ4v) is 5.79. The van der Waals surface area contributed by atoms with Crippen LogP contribution in [0.15, 0.2) is 30.3 Å². The third kappa shape index (κ3) is 4.36. The number of carbonyl (C=O) groups is 2. The molecule has 1 N–H and O–H groups in total. The number of thiophene rings is 1. The Morgan fingerprint density at radius 2 is 1.85 bits per heavy atom. The number of ether oxygens (including phenoxy) is 1. The molecule has 1 aromatic carbocycles. The molecule has 4 rings (SSSR count). The highest BCUT2D eigenvalue weighted by Crippen LogP contribution is 2.39. The van der Waals surface area contributed by atoms with Gasteiger partial charge in [0.25, 0.3) is 5.91 Å². The van der Waals surface area contributed by atoms with Gasteiger partial charge in [0.1, 0.15) is 5.00 Å². The summed E-state index contributed by atoms with van der Waals surface area (Å²) in [7, 11) is 0. The molecule has 2 aromatic heterocycles. The molecule has 0 saturated carbocycles. The van der Waals surface area contributed by atoms with Gasteiger partial charge >= 0.3 is 12.1 Å². The number of halogens is 3. The SMILES string of the molecule is CCOC(=O)c1c(NC(=O)c2cc(C)n(-c3ccccc3C(F)(F)F)c2C)sc2c1CCCC2. The first-order valence-corrected chi connectivity index (χ1v) is 11.9. The number of aromatic nitrogens is 1. The van der Waals surface area contributed by atoms with E-state index in [0.29, 0.717) is 22.0 Å². The van der Waals surface area contributed by atoms with Crippen LogP contribution in [-0.4, -0.2) is 23.1 Å². The number of benzene rings is 1. The lowest BCUT2D eigenvalue weighted by Gasteiger charge is -2.16. The lowest BCUT2D eigenvalue weighted by Crippen LogP contribution is -2.17. The number of hydrogen-bond acceptors (Lipinski definition) is 4. The fraction of sp³-hybridized carbons (Fsp3) is 0.360. The van der Waals surface area contributed by atoms with E-state index in [-0.39, 0.29) is 17.9 Å². The summed E-state index contributed by atoms with van der Waals surface area (Å²) in [5.74, 6) is -0.949. The normalized spacial score (nSPS) is 13.5. The van der Waals surface area contributed by atoms with Crippen molar-refractivity contribution in [2.45, 2.75) is 52.6 Å². The average molecular weight is 491 g/mol. The largest absolute Gasteiger partial charge is 0.462 e. The average Bonchev–Trinajstić information content (AvgIpc) is 3.29. The maximum Gasteiger partial charge on any atom is 0.418 e. The topological polar surface area (TPSA) is 60.3 Å². The number of nitrogens with one attached hydrogen (secondary N) is 1. The van der Waals surface area contributed by atoms with E-state index in [9.17, 15) is 22.8 Å². The molecule has 0 spiro atoms. The van der Waals surface area contributed by atoms with Crippen LogP contribution in [0, 0.1) is 13.8 Å². The molecule has 0 radical (unpaired) electrons. The minimum absolute atomic E-state index is 0.0390. The van der Waals surface area contributed by atoms with Crippen LogP contribution in [0.4, 0.5) is 18.2 Å². The van der Waals surface area contributed by atoms with Crippen molar-refractivity contribution < 1.29 is 27.5 Å². The van der Waals surface area contributed by atoms with Crippen molar-refractivity contribution in [3.63, 3.8) is 0 Å². The number of fused-ring (bicyclic) bond motifs is 1. The van der Waals surface area contributed by atoms with Gasteiger partial charge in [-0.25, -0.2) is 4.79 Å². The van der Waals surface area contributed by atoms with Crippen molar-refractivity contribution in [3.8, 4) is 5.69 Å². The highest BCUT2D eigenvalue weighted by Gasteiger charge is 2.35. The van der Waals surface area contributed by atoms with Crippen molar-refractivity contribution in [2.75, 3.05) is 11.9 Å². The Kier molecular flexibility index (Phi) is 6.58. The summed E-state index contributed by atoms with van der Waals surface area (Å²) >= 11 is 1.37. The predicted octanol–water partition coefficient (Wildman–Crippen LogP) is 6.48. The third-order valence-corrected chi connectivity index (χ3v) is 7.21. The summed E-state index contributed by atoms with van der Waals surface area (Å²) in [6, 6.07) is 6.84. The standard InChI is InChI=1S/C25H25F3N2O3S/c1-4-33-24(32)21-16-9-5-8-12-20(16)34-23(21)29-22(31)17-13-14(2)30(15(17)3)19-11-7-6-10-18(19)25(26,27)28/h6-7,10-11,13H,4-5,8-9,12H2,1-3H3,(H,29,31). The molecule has 0 bridgehead atoms. The second-order valence-corrected chi connectivity index (χ2v) is 9.33. The Morgan fingerprint density at radius 1 is 1.15 bits per heavy atom. The van der Waals surface area contributed by atoms with Crippen LogP contribution in [0.3, 0.4) is 0 Å². The molecule has 9 heteroatoms. The second-order valence-electron chi connectivity index (χ2n) is 8.22. The highest BCUT2D eigenvalue weighted by molar-refractivity contribution is 7.17. The first-order chi connectivity index (χ1) is 16.1. The van der Waals surface area contributed by atoms with Crippen LogP contribution in [0.5, 0.6) is 0 Å². The van der Waals surface area contributed by atoms with E-state index in [1.165, 1.54) is 34.1 Å². The zero-order valence-corrected chi connectivity index (χ0v) is 20.0. The van der Waals surface area contributed by atoms with E-state index < -0.39 is 23.6 Å². The number of alkyl halides is 3. The zero-order valence-electron chi connectivity index (χ0n) is 19.1. The van der Waals surface area contributed by atoms with E-state index in [0.717, 1.165) is 42.2 Å².